The number of hydrogen-bond donors (Lipinski definition) is 2. The monoisotopic (exact) mass is 184 g/mol. The first kappa shape index (κ1) is 9.03. The van der Waals surface area contributed by atoms with Gasteiger partial charge in [-0.3, -0.25) is 10.2 Å². The van der Waals surface area contributed by atoms with E-state index in [4.69, 9.17) is 17.4 Å². The van der Waals surface area contributed by atoms with Crippen molar-refractivity contribution in [3.8, 4) is 0 Å². The first-order chi connectivity index (χ1) is 5.66. The van der Waals surface area contributed by atoms with Crippen molar-refractivity contribution in [1.82, 2.24) is 5.43 Å². The maximum absolute atomic E-state index is 11.1. The molecule has 0 unspecified atom stereocenters. The molecule has 0 saturated carbocycles. The number of nitrogens with one attached hydrogen (secondary N) is 1. The molecule has 1 aromatic carbocycles. The van der Waals surface area contributed by atoms with Crippen LogP contribution in [0.4, 0.5) is 0 Å². The van der Waals surface area contributed by atoms with Crippen molar-refractivity contribution in [1.29, 1.82) is 0 Å². The van der Waals surface area contributed by atoms with Crippen LogP contribution in [0.15, 0.2) is 18.2 Å². The lowest BCUT2D eigenvalue weighted by atomic mass is 10.1. The van der Waals surface area contributed by atoms with Gasteiger partial charge in [-0.05, 0) is 18.6 Å². The Labute approximate surface area is 75.5 Å². The summed E-state index contributed by atoms with van der Waals surface area (Å²) in [6.07, 6.45) is 0. The zero-order valence-electron chi connectivity index (χ0n) is 6.60. The standard InChI is InChI=1S/C8H9ClN2O/c1-5-3-2-4-6(7(5)9)8(12)11-10/h2-4H,10H2,1H3,(H,11,12). The molecule has 0 atom stereocenters. The van der Waals surface area contributed by atoms with Crippen LogP contribution in [-0.2, 0) is 0 Å². The fraction of sp³-hybridized carbons (Fsp3) is 0.125. The van der Waals surface area contributed by atoms with Gasteiger partial charge in [0.05, 0.1) is 10.6 Å². The van der Waals surface area contributed by atoms with E-state index >= 15 is 0 Å². The molecule has 0 aliphatic carbocycles. The summed E-state index contributed by atoms with van der Waals surface area (Å²) in [5.41, 5.74) is 3.29. The molecule has 3 nitrogen and oxygen atoms in total. The Bertz CT molecular complexity index is 312. The van der Waals surface area contributed by atoms with E-state index < -0.39 is 0 Å². The summed E-state index contributed by atoms with van der Waals surface area (Å²) >= 11 is 5.85. The van der Waals surface area contributed by atoms with Gasteiger partial charge in [0.25, 0.3) is 5.91 Å². The number of carbonyl (C=O) groups excluding carboxylic acids is 1. The molecule has 0 radical (unpaired) electrons. The third-order valence-corrected chi connectivity index (χ3v) is 2.07. The molecule has 0 bridgehead atoms. The predicted octanol–water partition coefficient (Wildman–Crippen LogP) is 1.25. The maximum Gasteiger partial charge on any atom is 0.266 e. The summed E-state index contributed by atoms with van der Waals surface area (Å²) in [7, 11) is 0. The van der Waals surface area contributed by atoms with Gasteiger partial charge in [0.2, 0.25) is 0 Å². The average molecular weight is 185 g/mol. The molecule has 64 valence electrons. The molecule has 0 aliphatic rings. The van der Waals surface area contributed by atoms with Gasteiger partial charge < -0.3 is 0 Å². The van der Waals surface area contributed by atoms with E-state index in [0.29, 0.717) is 10.6 Å². The highest BCUT2D eigenvalue weighted by atomic mass is 35.5. The van der Waals surface area contributed by atoms with Crippen molar-refractivity contribution < 1.29 is 4.79 Å². The molecule has 1 rings (SSSR count). The second kappa shape index (κ2) is 3.56. The molecule has 12 heavy (non-hydrogen) atoms. The third-order valence-electron chi connectivity index (χ3n) is 1.57. The van der Waals surface area contributed by atoms with Gasteiger partial charge in [0.1, 0.15) is 0 Å². The summed E-state index contributed by atoms with van der Waals surface area (Å²) in [6, 6.07) is 5.21. The zero-order valence-corrected chi connectivity index (χ0v) is 7.35. The van der Waals surface area contributed by atoms with Gasteiger partial charge in [-0.2, -0.15) is 0 Å². The molecule has 0 heterocycles. The van der Waals surface area contributed by atoms with Gasteiger partial charge in [-0.25, -0.2) is 5.84 Å². The topological polar surface area (TPSA) is 55.1 Å². The van der Waals surface area contributed by atoms with E-state index in [-0.39, 0.29) is 5.91 Å². The molecular formula is C8H9ClN2O. The first-order valence-electron chi connectivity index (χ1n) is 3.43. The van der Waals surface area contributed by atoms with Gasteiger partial charge in [-0.1, -0.05) is 23.7 Å². The van der Waals surface area contributed by atoms with Crippen LogP contribution in [0.5, 0.6) is 0 Å². The van der Waals surface area contributed by atoms with Crippen LogP contribution in [0.3, 0.4) is 0 Å². The molecule has 3 N–H and O–H groups in total. The number of amides is 1. The van der Waals surface area contributed by atoms with Crippen molar-refractivity contribution in [2.75, 3.05) is 0 Å². The molecule has 0 spiro atoms. The summed E-state index contributed by atoms with van der Waals surface area (Å²) in [4.78, 5) is 11.1. The van der Waals surface area contributed by atoms with Gasteiger partial charge in [0, 0.05) is 0 Å². The van der Waals surface area contributed by atoms with E-state index in [1.165, 1.54) is 0 Å². The van der Waals surface area contributed by atoms with Gasteiger partial charge >= 0.3 is 0 Å². The van der Waals surface area contributed by atoms with E-state index in [1.807, 2.05) is 18.4 Å². The van der Waals surface area contributed by atoms with Crippen molar-refractivity contribution >= 4 is 17.5 Å². The van der Waals surface area contributed by atoms with Crippen molar-refractivity contribution in [3.05, 3.63) is 34.3 Å². The fourth-order valence-corrected chi connectivity index (χ4v) is 1.11. The van der Waals surface area contributed by atoms with E-state index in [0.717, 1.165) is 5.56 Å². The molecule has 0 saturated heterocycles. The van der Waals surface area contributed by atoms with Crippen molar-refractivity contribution in [3.63, 3.8) is 0 Å². The molecule has 0 aromatic heterocycles. The van der Waals surface area contributed by atoms with Crippen LogP contribution in [0, 0.1) is 6.92 Å². The molecule has 1 aromatic rings. The summed E-state index contributed by atoms with van der Waals surface area (Å²) in [5, 5.41) is 0.445. The number of benzene rings is 1. The Morgan fingerprint density at radius 3 is 2.83 bits per heavy atom. The molecular weight excluding hydrogens is 176 g/mol. The minimum Gasteiger partial charge on any atom is -0.290 e. The van der Waals surface area contributed by atoms with Crippen LogP contribution in [0.25, 0.3) is 0 Å². The molecule has 0 aliphatic heterocycles. The number of hydrogen-bond acceptors (Lipinski definition) is 2. The van der Waals surface area contributed by atoms with Crippen LogP contribution >= 0.6 is 11.6 Å². The summed E-state index contributed by atoms with van der Waals surface area (Å²) < 4.78 is 0. The number of aryl methyl sites for hydroxylation is 1. The highest BCUT2D eigenvalue weighted by molar-refractivity contribution is 6.34. The van der Waals surface area contributed by atoms with Crippen molar-refractivity contribution in [2.45, 2.75) is 6.92 Å². The number of hydrazine groups is 1. The smallest absolute Gasteiger partial charge is 0.266 e. The number of nitrogen functional groups attached to an aromatic ring is 1. The maximum atomic E-state index is 11.1. The minimum absolute atomic E-state index is 0.372. The van der Waals surface area contributed by atoms with Crippen LogP contribution in [-0.4, -0.2) is 5.91 Å². The van der Waals surface area contributed by atoms with E-state index in [1.54, 1.807) is 12.1 Å². The number of carbonyl (C=O) groups is 1. The largest absolute Gasteiger partial charge is 0.290 e. The van der Waals surface area contributed by atoms with Crippen LogP contribution in [0.2, 0.25) is 5.02 Å². The van der Waals surface area contributed by atoms with E-state index in [9.17, 15) is 4.79 Å². The Balaban J connectivity index is 3.16. The number of rotatable bonds is 1. The van der Waals surface area contributed by atoms with Gasteiger partial charge in [-0.15, -0.1) is 0 Å². The lowest BCUT2D eigenvalue weighted by Crippen LogP contribution is -2.30. The predicted molar refractivity (Wildman–Crippen MR) is 47.8 cm³/mol. The Hall–Kier alpha value is -1.06. The van der Waals surface area contributed by atoms with Crippen LogP contribution < -0.4 is 11.3 Å². The highest BCUT2D eigenvalue weighted by Gasteiger charge is 2.08. The van der Waals surface area contributed by atoms with Crippen molar-refractivity contribution in [2.24, 2.45) is 5.84 Å². The lowest BCUT2D eigenvalue weighted by Gasteiger charge is -2.03. The zero-order chi connectivity index (χ0) is 9.14. The Morgan fingerprint density at radius 2 is 2.25 bits per heavy atom. The minimum atomic E-state index is -0.372. The average Bonchev–Trinajstić information content (AvgIpc) is 2.08. The quantitative estimate of drug-likeness (QED) is 0.392. The fourth-order valence-electron chi connectivity index (χ4n) is 0.901. The van der Waals surface area contributed by atoms with Crippen LogP contribution in [0.1, 0.15) is 15.9 Å². The SMILES string of the molecule is Cc1cccc(C(=O)NN)c1Cl. The second-order valence-electron chi connectivity index (χ2n) is 2.41. The summed E-state index contributed by atoms with van der Waals surface area (Å²) in [5.74, 6) is 4.59. The molecule has 1 amide bonds. The summed E-state index contributed by atoms with van der Waals surface area (Å²) in [6.45, 7) is 1.83. The van der Waals surface area contributed by atoms with Gasteiger partial charge in [0.15, 0.2) is 0 Å². The number of halogens is 1. The number of nitrogens with two attached hydrogens (primary N) is 1. The molecule has 4 heteroatoms. The normalized spacial score (nSPS) is 9.58. The Morgan fingerprint density at radius 1 is 1.58 bits per heavy atom. The van der Waals surface area contributed by atoms with E-state index in [2.05, 4.69) is 0 Å². The Kier molecular flexibility index (Phi) is 2.68. The first-order valence-corrected chi connectivity index (χ1v) is 3.80. The lowest BCUT2D eigenvalue weighted by molar-refractivity contribution is 0.0953. The highest BCUT2D eigenvalue weighted by Crippen LogP contribution is 2.19. The molecule has 0 fully saturated rings. The second-order valence-corrected chi connectivity index (χ2v) is 2.79. The third kappa shape index (κ3) is 1.57.